The largest absolute Gasteiger partial charge is 0.394 e. The lowest BCUT2D eigenvalue weighted by atomic mass is 10.3. The van der Waals surface area contributed by atoms with Gasteiger partial charge in [0, 0.05) is 13.5 Å². The molecule has 0 saturated heterocycles. The molecular formula is C5H11FO2. The summed E-state index contributed by atoms with van der Waals surface area (Å²) in [6, 6.07) is 0. The number of halogens is 1. The summed E-state index contributed by atoms with van der Waals surface area (Å²) in [5.41, 5.74) is 0. The molecule has 1 atom stereocenters. The van der Waals surface area contributed by atoms with E-state index in [1.807, 2.05) is 0 Å². The lowest BCUT2D eigenvalue weighted by Gasteiger charge is -2.07. The highest BCUT2D eigenvalue weighted by atomic mass is 19.1. The molecule has 0 aromatic rings. The highest BCUT2D eigenvalue weighted by Crippen LogP contribution is 1.94. The van der Waals surface area contributed by atoms with Crippen molar-refractivity contribution in [1.82, 2.24) is 0 Å². The summed E-state index contributed by atoms with van der Waals surface area (Å²) in [6.45, 7) is -0.528. The summed E-state index contributed by atoms with van der Waals surface area (Å²) < 4.78 is 16.1. The van der Waals surface area contributed by atoms with Gasteiger partial charge in [-0.05, 0) is 0 Å². The van der Waals surface area contributed by atoms with Crippen molar-refractivity contribution in [2.45, 2.75) is 12.5 Å². The van der Waals surface area contributed by atoms with E-state index in [4.69, 9.17) is 5.11 Å². The van der Waals surface area contributed by atoms with Crippen LogP contribution >= 0.6 is 0 Å². The summed E-state index contributed by atoms with van der Waals surface area (Å²) >= 11 is 0. The van der Waals surface area contributed by atoms with E-state index in [2.05, 4.69) is 4.74 Å². The Labute approximate surface area is 48.3 Å². The van der Waals surface area contributed by atoms with Crippen LogP contribution < -0.4 is 0 Å². The molecule has 0 aromatic heterocycles. The van der Waals surface area contributed by atoms with Gasteiger partial charge >= 0.3 is 0 Å². The predicted molar refractivity (Wildman–Crippen MR) is 28.5 cm³/mol. The van der Waals surface area contributed by atoms with Crippen LogP contribution in [0.25, 0.3) is 0 Å². The molecule has 0 heterocycles. The first-order valence-electron chi connectivity index (χ1n) is 2.54. The summed E-state index contributed by atoms with van der Waals surface area (Å²) in [6.07, 6.45) is -0.0347. The Kier molecular flexibility index (Phi) is 4.90. The minimum atomic E-state index is -0.431. The van der Waals surface area contributed by atoms with Crippen molar-refractivity contribution in [1.29, 1.82) is 0 Å². The van der Waals surface area contributed by atoms with E-state index in [9.17, 15) is 4.39 Å². The van der Waals surface area contributed by atoms with Crippen molar-refractivity contribution in [3.8, 4) is 0 Å². The maximum absolute atomic E-state index is 11.4. The molecule has 0 aliphatic carbocycles. The quantitative estimate of drug-likeness (QED) is 0.583. The third kappa shape index (κ3) is 2.93. The maximum atomic E-state index is 11.4. The number of methoxy groups -OCH3 is 1. The molecule has 0 aliphatic heterocycles. The van der Waals surface area contributed by atoms with Crippen molar-refractivity contribution < 1.29 is 14.2 Å². The molecule has 3 heteroatoms. The van der Waals surface area contributed by atoms with Gasteiger partial charge in [0.05, 0.1) is 19.4 Å². The molecule has 2 nitrogen and oxygen atoms in total. The molecule has 0 rings (SSSR count). The Morgan fingerprint density at radius 3 is 2.50 bits per heavy atom. The van der Waals surface area contributed by atoms with Gasteiger partial charge in [0.1, 0.15) is 0 Å². The molecule has 0 amide bonds. The van der Waals surface area contributed by atoms with Crippen LogP contribution in [0.5, 0.6) is 0 Å². The lowest BCUT2D eigenvalue weighted by molar-refractivity contribution is 0.0389. The van der Waals surface area contributed by atoms with Crippen molar-refractivity contribution in [2.75, 3.05) is 20.4 Å². The van der Waals surface area contributed by atoms with Gasteiger partial charge in [-0.15, -0.1) is 0 Å². The topological polar surface area (TPSA) is 29.5 Å². The van der Waals surface area contributed by atoms with Gasteiger partial charge in [-0.3, -0.25) is 4.39 Å². The maximum Gasteiger partial charge on any atom is 0.0920 e. The molecule has 0 fully saturated rings. The molecule has 0 bridgehead atoms. The Hall–Kier alpha value is -0.150. The molecule has 8 heavy (non-hydrogen) atoms. The lowest BCUT2D eigenvalue weighted by Crippen LogP contribution is -2.15. The van der Waals surface area contributed by atoms with E-state index in [0.717, 1.165) is 0 Å². The standard InChI is InChI=1S/C5H11FO2/c1-8-5(4-7)2-3-6/h5,7H,2-4H2,1H3. The number of rotatable bonds is 4. The van der Waals surface area contributed by atoms with E-state index < -0.39 is 6.67 Å². The van der Waals surface area contributed by atoms with Crippen LogP contribution in [0.1, 0.15) is 6.42 Å². The SMILES string of the molecule is COC(CO)CCF. The second kappa shape index (κ2) is 5.00. The van der Waals surface area contributed by atoms with E-state index in [1.54, 1.807) is 0 Å². The zero-order chi connectivity index (χ0) is 6.41. The van der Waals surface area contributed by atoms with E-state index >= 15 is 0 Å². The van der Waals surface area contributed by atoms with E-state index in [1.165, 1.54) is 7.11 Å². The molecule has 0 aliphatic rings. The van der Waals surface area contributed by atoms with Gasteiger partial charge in [0.2, 0.25) is 0 Å². The van der Waals surface area contributed by atoms with Gasteiger partial charge in [-0.2, -0.15) is 0 Å². The zero-order valence-corrected chi connectivity index (χ0v) is 4.93. The van der Waals surface area contributed by atoms with Gasteiger partial charge in [-0.1, -0.05) is 0 Å². The molecule has 0 radical (unpaired) electrons. The van der Waals surface area contributed by atoms with Gasteiger partial charge in [0.15, 0.2) is 0 Å². The van der Waals surface area contributed by atoms with E-state index in [0.29, 0.717) is 0 Å². The Morgan fingerprint density at radius 1 is 1.75 bits per heavy atom. The van der Waals surface area contributed by atoms with Crippen LogP contribution in [0.3, 0.4) is 0 Å². The first-order chi connectivity index (χ1) is 3.85. The summed E-state index contributed by atoms with van der Waals surface area (Å²) in [7, 11) is 1.45. The smallest absolute Gasteiger partial charge is 0.0920 e. The number of aliphatic hydroxyl groups excluding tert-OH is 1. The predicted octanol–water partition coefficient (Wildman–Crippen LogP) is 0.353. The Bertz CT molecular complexity index is 45.7. The van der Waals surface area contributed by atoms with Gasteiger partial charge < -0.3 is 9.84 Å². The fraction of sp³-hybridized carbons (Fsp3) is 1.00. The molecular weight excluding hydrogens is 111 g/mol. The Morgan fingerprint density at radius 2 is 2.38 bits per heavy atom. The van der Waals surface area contributed by atoms with Crippen LogP contribution in [0.2, 0.25) is 0 Å². The zero-order valence-electron chi connectivity index (χ0n) is 4.93. The fourth-order valence-electron chi connectivity index (χ4n) is 0.405. The minimum absolute atomic E-state index is 0.0968. The molecule has 50 valence electrons. The number of hydrogen-bond acceptors (Lipinski definition) is 2. The number of alkyl halides is 1. The molecule has 0 spiro atoms. The van der Waals surface area contributed by atoms with Crippen molar-refractivity contribution >= 4 is 0 Å². The first-order valence-corrected chi connectivity index (χ1v) is 2.54. The number of ether oxygens (including phenoxy) is 1. The molecule has 1 N–H and O–H groups in total. The van der Waals surface area contributed by atoms with Crippen molar-refractivity contribution in [3.05, 3.63) is 0 Å². The van der Waals surface area contributed by atoms with E-state index in [-0.39, 0.29) is 19.1 Å². The van der Waals surface area contributed by atoms with Crippen molar-refractivity contribution in [3.63, 3.8) is 0 Å². The molecule has 0 aromatic carbocycles. The minimum Gasteiger partial charge on any atom is -0.394 e. The highest BCUT2D eigenvalue weighted by Gasteiger charge is 2.02. The average Bonchev–Trinajstić information content (AvgIpc) is 1.83. The summed E-state index contributed by atoms with van der Waals surface area (Å²) in [5, 5.41) is 8.37. The van der Waals surface area contributed by atoms with Gasteiger partial charge in [-0.25, -0.2) is 0 Å². The number of hydrogen-bond donors (Lipinski definition) is 1. The second-order valence-corrected chi connectivity index (χ2v) is 1.52. The van der Waals surface area contributed by atoms with Crippen LogP contribution in [0, 0.1) is 0 Å². The van der Waals surface area contributed by atoms with Crippen molar-refractivity contribution in [2.24, 2.45) is 0 Å². The second-order valence-electron chi connectivity index (χ2n) is 1.52. The third-order valence-electron chi connectivity index (χ3n) is 0.968. The van der Waals surface area contributed by atoms with Crippen LogP contribution in [0.4, 0.5) is 4.39 Å². The monoisotopic (exact) mass is 122 g/mol. The average molecular weight is 122 g/mol. The summed E-state index contributed by atoms with van der Waals surface area (Å²) in [5.74, 6) is 0. The van der Waals surface area contributed by atoms with Crippen LogP contribution in [-0.2, 0) is 4.74 Å². The van der Waals surface area contributed by atoms with Crippen LogP contribution in [-0.4, -0.2) is 31.6 Å². The van der Waals surface area contributed by atoms with Gasteiger partial charge in [0.25, 0.3) is 0 Å². The molecule has 1 unspecified atom stereocenters. The highest BCUT2D eigenvalue weighted by molar-refractivity contribution is 4.51. The first kappa shape index (κ1) is 7.85. The third-order valence-corrected chi connectivity index (χ3v) is 0.968. The number of aliphatic hydroxyl groups is 1. The fourth-order valence-corrected chi connectivity index (χ4v) is 0.405. The van der Waals surface area contributed by atoms with Crippen LogP contribution in [0.15, 0.2) is 0 Å². The normalized spacial score (nSPS) is 13.9. The summed E-state index contributed by atoms with van der Waals surface area (Å²) in [4.78, 5) is 0. The Balaban J connectivity index is 3.07. The molecule has 0 saturated carbocycles.